The molecule has 4 rings (SSSR count). The molecule has 8 heteroatoms. The summed E-state index contributed by atoms with van der Waals surface area (Å²) in [5.41, 5.74) is 15.9. The molecule has 0 spiro atoms. The minimum atomic E-state index is -0.472. The molecule has 31 heavy (non-hydrogen) atoms. The van der Waals surface area contributed by atoms with Gasteiger partial charge in [-0.3, -0.25) is 14.2 Å². The van der Waals surface area contributed by atoms with Crippen molar-refractivity contribution < 1.29 is 4.79 Å². The number of pyridine rings is 1. The quantitative estimate of drug-likeness (QED) is 0.591. The van der Waals surface area contributed by atoms with Crippen LogP contribution in [-0.2, 0) is 30.7 Å². The summed E-state index contributed by atoms with van der Waals surface area (Å²) >= 11 is 0. The highest BCUT2D eigenvalue weighted by molar-refractivity contribution is 5.75. The number of benzene rings is 1. The molecular weight excluding hydrogens is 392 g/mol. The number of anilines is 2. The zero-order valence-corrected chi connectivity index (χ0v) is 17.9. The van der Waals surface area contributed by atoms with E-state index in [0.29, 0.717) is 18.1 Å². The number of fused-ring (bicyclic) bond motifs is 1. The van der Waals surface area contributed by atoms with E-state index in [0.717, 1.165) is 11.3 Å². The van der Waals surface area contributed by atoms with Crippen molar-refractivity contribution in [3.63, 3.8) is 0 Å². The Hall–Kier alpha value is -3.68. The minimum absolute atomic E-state index is 0.112. The first-order valence-electron chi connectivity index (χ1n) is 10.2. The summed E-state index contributed by atoms with van der Waals surface area (Å²) in [7, 11) is 0. The highest BCUT2D eigenvalue weighted by Gasteiger charge is 2.10. The molecule has 162 valence electrons. The Morgan fingerprint density at radius 3 is 2.42 bits per heavy atom. The van der Waals surface area contributed by atoms with E-state index in [4.69, 9.17) is 11.5 Å². The number of hydrogen-bond donors (Lipinski definition) is 3. The van der Waals surface area contributed by atoms with E-state index < -0.39 is 5.56 Å². The Bertz CT molecular complexity index is 1120. The highest BCUT2D eigenvalue weighted by Crippen LogP contribution is 2.20. The smallest absolute Gasteiger partial charge is 0.293 e. The molecule has 1 aromatic carbocycles. The highest BCUT2D eigenvalue weighted by atomic mass is 16.2. The first kappa shape index (κ1) is 22.0. The summed E-state index contributed by atoms with van der Waals surface area (Å²) < 4.78 is 1.28. The maximum absolute atomic E-state index is 12.0. The van der Waals surface area contributed by atoms with Crippen LogP contribution >= 0.6 is 0 Å². The Morgan fingerprint density at radius 1 is 1.10 bits per heavy atom. The molecule has 0 bridgehead atoms. The summed E-state index contributed by atoms with van der Waals surface area (Å²) in [5.74, 6) is 0.00557. The summed E-state index contributed by atoms with van der Waals surface area (Å²) in [6, 6.07) is 12.2. The van der Waals surface area contributed by atoms with Crippen LogP contribution in [0.5, 0.6) is 0 Å². The number of amides is 1. The predicted molar refractivity (Wildman–Crippen MR) is 121 cm³/mol. The molecule has 0 saturated heterocycles. The predicted octanol–water partition coefficient (Wildman–Crippen LogP) is 1.91. The number of nitrogens with two attached hydrogens (primary N) is 2. The van der Waals surface area contributed by atoms with E-state index in [1.807, 2.05) is 6.92 Å². The van der Waals surface area contributed by atoms with Crippen molar-refractivity contribution in [3.8, 4) is 0 Å². The lowest BCUT2D eigenvalue weighted by molar-refractivity contribution is -0.121. The van der Waals surface area contributed by atoms with Crippen LogP contribution in [0.1, 0.15) is 34.5 Å². The fourth-order valence-electron chi connectivity index (χ4n) is 3.49. The van der Waals surface area contributed by atoms with Gasteiger partial charge in [0, 0.05) is 24.1 Å². The van der Waals surface area contributed by atoms with Gasteiger partial charge in [-0.25, -0.2) is 9.97 Å². The second-order valence-electron chi connectivity index (χ2n) is 7.56. The van der Waals surface area contributed by atoms with Crippen molar-refractivity contribution in [1.82, 2.24) is 19.9 Å². The molecule has 0 saturated carbocycles. The monoisotopic (exact) mass is 420 g/mol. The van der Waals surface area contributed by atoms with Gasteiger partial charge in [-0.05, 0) is 55.9 Å². The Labute approximate surface area is 181 Å². The molecule has 3 aromatic rings. The SMILES string of the molecule is Cc1nc(N)ccc1CNC(=O)Cn1c(C)cnc(N)c1=O.c1ccc2c(c1)CCC2. The van der Waals surface area contributed by atoms with Gasteiger partial charge in [-0.1, -0.05) is 30.3 Å². The maximum atomic E-state index is 12.0. The topological polar surface area (TPSA) is 129 Å². The molecule has 5 N–H and O–H groups in total. The number of rotatable bonds is 4. The van der Waals surface area contributed by atoms with Crippen LogP contribution in [0, 0.1) is 13.8 Å². The third-order valence-electron chi connectivity index (χ3n) is 5.29. The van der Waals surface area contributed by atoms with E-state index in [9.17, 15) is 9.59 Å². The van der Waals surface area contributed by atoms with Crippen LogP contribution in [0.2, 0.25) is 0 Å². The van der Waals surface area contributed by atoms with E-state index in [2.05, 4.69) is 39.6 Å². The van der Waals surface area contributed by atoms with Gasteiger partial charge < -0.3 is 16.8 Å². The van der Waals surface area contributed by atoms with Gasteiger partial charge in [0.2, 0.25) is 5.91 Å². The van der Waals surface area contributed by atoms with Crippen molar-refractivity contribution in [2.45, 2.75) is 46.2 Å². The summed E-state index contributed by atoms with van der Waals surface area (Å²) in [6.45, 7) is 3.70. The fourth-order valence-corrected chi connectivity index (χ4v) is 3.49. The average molecular weight is 421 g/mol. The van der Waals surface area contributed by atoms with Gasteiger partial charge in [0.25, 0.3) is 5.56 Å². The first-order chi connectivity index (χ1) is 14.8. The van der Waals surface area contributed by atoms with Crippen LogP contribution in [0.15, 0.2) is 47.4 Å². The lowest BCUT2D eigenvalue weighted by Gasteiger charge is -2.11. The molecule has 1 amide bonds. The van der Waals surface area contributed by atoms with Gasteiger partial charge in [-0.2, -0.15) is 0 Å². The second-order valence-corrected chi connectivity index (χ2v) is 7.56. The standard InChI is InChI=1S/C14H18N6O2.C9H10/c1-8-5-18-13(16)14(22)20(8)7-12(21)17-6-10-3-4-11(15)19-9(10)2;1-2-5-9-7-3-6-8(9)4-1/h3-5H,6-7H2,1-2H3,(H2,15,19)(H2,16,18)(H,17,21);1-2,4-5H,3,6-7H2. The molecule has 8 nitrogen and oxygen atoms in total. The molecule has 2 aromatic heterocycles. The molecule has 0 aliphatic heterocycles. The Morgan fingerprint density at radius 2 is 1.77 bits per heavy atom. The van der Waals surface area contributed by atoms with Crippen LogP contribution in [-0.4, -0.2) is 20.4 Å². The molecule has 0 atom stereocenters. The van der Waals surface area contributed by atoms with E-state index in [1.165, 1.54) is 30.0 Å². The van der Waals surface area contributed by atoms with Crippen molar-refractivity contribution in [3.05, 3.63) is 81.0 Å². The van der Waals surface area contributed by atoms with Crippen molar-refractivity contribution in [1.29, 1.82) is 0 Å². The zero-order valence-electron chi connectivity index (χ0n) is 17.9. The fraction of sp³-hybridized carbons (Fsp3) is 0.304. The minimum Gasteiger partial charge on any atom is -0.384 e. The molecule has 1 aliphatic carbocycles. The molecule has 0 unspecified atom stereocenters. The van der Waals surface area contributed by atoms with Crippen LogP contribution in [0.3, 0.4) is 0 Å². The lowest BCUT2D eigenvalue weighted by atomic mass is 10.1. The van der Waals surface area contributed by atoms with Crippen LogP contribution < -0.4 is 22.3 Å². The summed E-state index contributed by atoms with van der Waals surface area (Å²) in [4.78, 5) is 31.7. The average Bonchev–Trinajstić information content (AvgIpc) is 3.23. The number of carbonyl (C=O) groups is 1. The van der Waals surface area contributed by atoms with Crippen molar-refractivity contribution >= 4 is 17.5 Å². The molecule has 0 radical (unpaired) electrons. The molecule has 2 heterocycles. The third kappa shape index (κ3) is 5.69. The summed E-state index contributed by atoms with van der Waals surface area (Å²) in [6.07, 6.45) is 5.42. The van der Waals surface area contributed by atoms with E-state index in [-0.39, 0.29) is 18.3 Å². The lowest BCUT2D eigenvalue weighted by Crippen LogP contribution is -2.34. The van der Waals surface area contributed by atoms with Gasteiger partial charge in [-0.15, -0.1) is 0 Å². The summed E-state index contributed by atoms with van der Waals surface area (Å²) in [5, 5.41) is 2.74. The number of aryl methyl sites for hydroxylation is 4. The Kier molecular flexibility index (Phi) is 7.02. The molecule has 1 aliphatic rings. The van der Waals surface area contributed by atoms with Crippen LogP contribution in [0.4, 0.5) is 11.6 Å². The normalized spacial score (nSPS) is 11.9. The zero-order chi connectivity index (χ0) is 22.4. The molecular formula is C23H28N6O2. The van der Waals surface area contributed by atoms with Gasteiger partial charge in [0.1, 0.15) is 12.4 Å². The second kappa shape index (κ2) is 9.88. The molecule has 0 fully saturated rings. The van der Waals surface area contributed by atoms with Gasteiger partial charge in [0.15, 0.2) is 5.82 Å². The van der Waals surface area contributed by atoms with Gasteiger partial charge in [0.05, 0.1) is 0 Å². The van der Waals surface area contributed by atoms with E-state index >= 15 is 0 Å². The number of nitrogen functional groups attached to an aromatic ring is 2. The van der Waals surface area contributed by atoms with Crippen molar-refractivity contribution in [2.24, 2.45) is 0 Å². The maximum Gasteiger partial charge on any atom is 0.293 e. The Balaban J connectivity index is 0.000000248. The van der Waals surface area contributed by atoms with Crippen LogP contribution in [0.25, 0.3) is 0 Å². The largest absolute Gasteiger partial charge is 0.384 e. The number of nitrogens with zero attached hydrogens (tertiary/aromatic N) is 3. The number of carbonyl (C=O) groups excluding carboxylic acids is 1. The number of hydrogen-bond acceptors (Lipinski definition) is 6. The van der Waals surface area contributed by atoms with Gasteiger partial charge >= 0.3 is 0 Å². The van der Waals surface area contributed by atoms with E-state index in [1.54, 1.807) is 30.2 Å². The first-order valence-corrected chi connectivity index (χ1v) is 10.2. The third-order valence-corrected chi connectivity index (χ3v) is 5.29. The van der Waals surface area contributed by atoms with Crippen molar-refractivity contribution in [2.75, 3.05) is 11.5 Å². The number of aromatic nitrogens is 3. The number of nitrogens with one attached hydrogen (secondary N) is 1.